The normalized spacial score (nSPS) is 10.9. The van der Waals surface area contributed by atoms with Crippen LogP contribution in [0.5, 0.6) is 0 Å². The Hall–Kier alpha value is -4.66. The van der Waals surface area contributed by atoms with E-state index in [4.69, 9.17) is 0 Å². The van der Waals surface area contributed by atoms with E-state index >= 15 is 0 Å². The molecule has 33 heavy (non-hydrogen) atoms. The van der Waals surface area contributed by atoms with Gasteiger partial charge in [0.2, 0.25) is 5.95 Å². The molecule has 9 nitrogen and oxygen atoms in total. The maximum absolute atomic E-state index is 13.1. The first-order valence-electron chi connectivity index (χ1n) is 10.3. The maximum Gasteiger partial charge on any atom is 0.279 e. The van der Waals surface area contributed by atoms with Gasteiger partial charge in [0, 0.05) is 11.6 Å². The largest absolute Gasteiger partial charge is 0.288 e. The number of nitrogens with zero attached hydrogens (tertiary/aromatic N) is 6. The highest BCUT2D eigenvalue weighted by molar-refractivity contribution is 6.10. The van der Waals surface area contributed by atoms with Gasteiger partial charge in [0.05, 0.1) is 24.2 Å². The number of carbonyl (C=O) groups is 1. The summed E-state index contributed by atoms with van der Waals surface area (Å²) < 4.78 is 2.89. The van der Waals surface area contributed by atoms with Crippen molar-refractivity contribution >= 4 is 22.6 Å². The number of fused-ring (bicyclic) bond motifs is 1. The molecule has 0 saturated heterocycles. The van der Waals surface area contributed by atoms with Gasteiger partial charge in [-0.2, -0.15) is 5.10 Å². The SMILES string of the molecule is O=C(Nc1ncn(Cc2ccccn2)n1)c1nn(Cc2ccccc2)c(=O)c2ccccc12. The van der Waals surface area contributed by atoms with E-state index in [1.165, 1.54) is 11.0 Å². The van der Waals surface area contributed by atoms with E-state index < -0.39 is 5.91 Å². The fourth-order valence-electron chi connectivity index (χ4n) is 3.51. The highest BCUT2D eigenvalue weighted by Crippen LogP contribution is 2.15. The fourth-order valence-corrected chi connectivity index (χ4v) is 3.51. The van der Waals surface area contributed by atoms with Gasteiger partial charge in [0.25, 0.3) is 11.5 Å². The van der Waals surface area contributed by atoms with Crippen LogP contribution < -0.4 is 10.9 Å². The monoisotopic (exact) mass is 437 g/mol. The third-order valence-corrected chi connectivity index (χ3v) is 5.07. The van der Waals surface area contributed by atoms with Gasteiger partial charge in [0.1, 0.15) is 6.33 Å². The third kappa shape index (κ3) is 4.38. The van der Waals surface area contributed by atoms with Crippen LogP contribution in [0.2, 0.25) is 0 Å². The van der Waals surface area contributed by atoms with Crippen LogP contribution in [0, 0.1) is 0 Å². The summed E-state index contributed by atoms with van der Waals surface area (Å²) in [4.78, 5) is 34.5. The summed E-state index contributed by atoms with van der Waals surface area (Å²) in [5.41, 5.74) is 1.59. The van der Waals surface area contributed by atoms with E-state index in [1.807, 2.05) is 48.5 Å². The molecule has 9 heteroatoms. The van der Waals surface area contributed by atoms with Crippen molar-refractivity contribution in [1.82, 2.24) is 29.5 Å². The van der Waals surface area contributed by atoms with Crippen molar-refractivity contribution in [2.45, 2.75) is 13.1 Å². The summed E-state index contributed by atoms with van der Waals surface area (Å²) in [6, 6.07) is 22.0. The highest BCUT2D eigenvalue weighted by atomic mass is 16.2. The number of nitrogens with one attached hydrogen (secondary N) is 1. The summed E-state index contributed by atoms with van der Waals surface area (Å²) >= 11 is 0. The number of rotatable bonds is 6. The second kappa shape index (κ2) is 8.83. The Morgan fingerprint density at radius 2 is 1.58 bits per heavy atom. The van der Waals surface area contributed by atoms with Gasteiger partial charge < -0.3 is 0 Å². The average molecular weight is 437 g/mol. The Morgan fingerprint density at radius 3 is 2.36 bits per heavy atom. The zero-order valence-corrected chi connectivity index (χ0v) is 17.5. The molecule has 0 atom stereocenters. The molecule has 1 N–H and O–H groups in total. The van der Waals surface area contributed by atoms with Crippen molar-refractivity contribution in [2.75, 3.05) is 5.32 Å². The molecule has 2 aromatic carbocycles. The van der Waals surface area contributed by atoms with Gasteiger partial charge in [0.15, 0.2) is 5.69 Å². The first-order valence-corrected chi connectivity index (χ1v) is 10.3. The minimum Gasteiger partial charge on any atom is -0.288 e. The van der Waals surface area contributed by atoms with Crippen LogP contribution in [0.1, 0.15) is 21.7 Å². The predicted molar refractivity (Wildman–Crippen MR) is 123 cm³/mol. The molecule has 162 valence electrons. The van der Waals surface area contributed by atoms with Gasteiger partial charge in [-0.15, -0.1) is 5.10 Å². The smallest absolute Gasteiger partial charge is 0.279 e. The van der Waals surface area contributed by atoms with Crippen LogP contribution in [0.25, 0.3) is 10.8 Å². The molecule has 0 aliphatic heterocycles. The predicted octanol–water partition coefficient (Wildman–Crippen LogP) is 2.73. The highest BCUT2D eigenvalue weighted by Gasteiger charge is 2.18. The number of amides is 1. The molecule has 0 saturated carbocycles. The molecule has 0 radical (unpaired) electrons. The zero-order chi connectivity index (χ0) is 22.6. The molecule has 0 unspecified atom stereocenters. The Labute approximate surface area is 188 Å². The summed E-state index contributed by atoms with van der Waals surface area (Å²) in [5, 5.41) is 12.3. The van der Waals surface area contributed by atoms with Crippen molar-refractivity contribution in [1.29, 1.82) is 0 Å². The summed E-state index contributed by atoms with van der Waals surface area (Å²) in [5.74, 6) is -0.355. The molecule has 0 fully saturated rings. The number of benzene rings is 2. The number of anilines is 1. The van der Waals surface area contributed by atoms with Crippen LogP contribution in [-0.2, 0) is 13.1 Å². The molecule has 5 rings (SSSR count). The minimum absolute atomic E-state index is 0.127. The van der Waals surface area contributed by atoms with Gasteiger partial charge in [-0.05, 0) is 23.8 Å². The Kier molecular flexibility index (Phi) is 5.42. The molecule has 3 aromatic heterocycles. The lowest BCUT2D eigenvalue weighted by Crippen LogP contribution is -2.28. The van der Waals surface area contributed by atoms with Crippen LogP contribution in [0.3, 0.4) is 0 Å². The molecule has 0 aliphatic carbocycles. The van der Waals surface area contributed by atoms with Crippen molar-refractivity contribution in [3.05, 3.63) is 113 Å². The molecular formula is C24H19N7O2. The second-order valence-electron chi connectivity index (χ2n) is 7.38. The summed E-state index contributed by atoms with van der Waals surface area (Å²) in [6.45, 7) is 0.675. The fraction of sp³-hybridized carbons (Fsp3) is 0.0833. The van der Waals surface area contributed by atoms with Gasteiger partial charge >= 0.3 is 0 Å². The number of hydrogen-bond donors (Lipinski definition) is 1. The Morgan fingerprint density at radius 1 is 0.818 bits per heavy atom. The molecular weight excluding hydrogens is 418 g/mol. The van der Waals surface area contributed by atoms with Crippen LogP contribution >= 0.6 is 0 Å². The Bertz CT molecular complexity index is 1480. The van der Waals surface area contributed by atoms with E-state index in [0.29, 0.717) is 17.3 Å². The lowest BCUT2D eigenvalue weighted by atomic mass is 10.1. The van der Waals surface area contributed by atoms with E-state index in [9.17, 15) is 9.59 Å². The number of carbonyl (C=O) groups excluding carboxylic acids is 1. The van der Waals surface area contributed by atoms with Crippen LogP contribution in [-0.4, -0.2) is 35.4 Å². The lowest BCUT2D eigenvalue weighted by molar-refractivity contribution is 0.102. The van der Waals surface area contributed by atoms with Crippen LogP contribution in [0.4, 0.5) is 5.95 Å². The summed E-state index contributed by atoms with van der Waals surface area (Å²) in [6.07, 6.45) is 3.22. The molecule has 0 spiro atoms. The number of pyridine rings is 1. The van der Waals surface area contributed by atoms with E-state index in [1.54, 1.807) is 35.1 Å². The second-order valence-corrected chi connectivity index (χ2v) is 7.38. The molecule has 5 aromatic rings. The average Bonchev–Trinajstić information content (AvgIpc) is 3.28. The zero-order valence-electron chi connectivity index (χ0n) is 17.5. The van der Waals surface area contributed by atoms with E-state index in [2.05, 4.69) is 25.5 Å². The molecule has 0 bridgehead atoms. The van der Waals surface area contributed by atoms with Crippen LogP contribution in [0.15, 0.2) is 90.1 Å². The van der Waals surface area contributed by atoms with Gasteiger partial charge in [-0.1, -0.05) is 54.6 Å². The molecule has 1 amide bonds. The lowest BCUT2D eigenvalue weighted by Gasteiger charge is -2.10. The topological polar surface area (TPSA) is 108 Å². The third-order valence-electron chi connectivity index (χ3n) is 5.07. The maximum atomic E-state index is 13.1. The summed E-state index contributed by atoms with van der Waals surface area (Å²) in [7, 11) is 0. The number of aromatic nitrogens is 6. The van der Waals surface area contributed by atoms with Crippen molar-refractivity contribution < 1.29 is 4.79 Å². The quantitative estimate of drug-likeness (QED) is 0.438. The first-order chi connectivity index (χ1) is 16.2. The standard InChI is InChI=1S/C24H19N7O2/c32-22(27-24-26-16-30(29-24)15-18-10-6-7-13-25-18)21-19-11-4-5-12-20(19)23(33)31(28-21)14-17-8-2-1-3-9-17/h1-13,16H,14-15H2,(H,27,29,32). The first kappa shape index (κ1) is 20.3. The van der Waals surface area contributed by atoms with Crippen molar-refractivity contribution in [2.24, 2.45) is 0 Å². The Balaban J connectivity index is 1.44. The van der Waals surface area contributed by atoms with Crippen molar-refractivity contribution in [3.8, 4) is 0 Å². The number of hydrogen-bond acceptors (Lipinski definition) is 6. The van der Waals surface area contributed by atoms with Crippen molar-refractivity contribution in [3.63, 3.8) is 0 Å². The molecule has 3 heterocycles. The van der Waals surface area contributed by atoms with Gasteiger partial charge in [-0.25, -0.2) is 14.3 Å². The van der Waals surface area contributed by atoms with E-state index in [-0.39, 0.29) is 23.7 Å². The van der Waals surface area contributed by atoms with Gasteiger partial charge in [-0.3, -0.25) is 19.9 Å². The molecule has 0 aliphatic rings. The van der Waals surface area contributed by atoms with E-state index in [0.717, 1.165) is 11.3 Å². The minimum atomic E-state index is -0.497.